The molecule has 1 N–H and O–H groups in total. The molecule has 0 unspecified atom stereocenters. The maximum absolute atomic E-state index is 11.1. The second-order valence-electron chi connectivity index (χ2n) is 3.90. The van der Waals surface area contributed by atoms with Crippen molar-refractivity contribution in [1.29, 1.82) is 0 Å². The highest BCUT2D eigenvalue weighted by atomic mass is 32.2. The van der Waals surface area contributed by atoms with Crippen LogP contribution in [0.3, 0.4) is 0 Å². The van der Waals surface area contributed by atoms with E-state index in [2.05, 4.69) is 20.5 Å². The van der Waals surface area contributed by atoms with Crippen LogP contribution in [0.25, 0.3) is 0 Å². The van der Waals surface area contributed by atoms with Gasteiger partial charge in [-0.1, -0.05) is 0 Å². The number of aromatic nitrogens is 5. The van der Waals surface area contributed by atoms with Gasteiger partial charge in [0.1, 0.15) is 5.03 Å². The molecular weight excluding hydrogens is 254 g/mol. The van der Waals surface area contributed by atoms with E-state index in [1.807, 2.05) is 0 Å². The number of nitrogens with zero attached hydrogens (tertiary/aromatic N) is 5. The molecule has 2 heterocycles. The maximum atomic E-state index is 11.1. The van der Waals surface area contributed by atoms with Crippen LogP contribution in [0, 0.1) is 0 Å². The summed E-state index contributed by atoms with van der Waals surface area (Å²) >= 11 is 1.18. The Balaban J connectivity index is 1.92. The Morgan fingerprint density at radius 3 is 3.06 bits per heavy atom. The Labute approximate surface area is 106 Å². The number of carboxylic acids is 1. The van der Waals surface area contributed by atoms with Crippen molar-refractivity contribution in [3.05, 3.63) is 23.9 Å². The average molecular weight is 263 g/mol. The van der Waals surface area contributed by atoms with Gasteiger partial charge in [0.15, 0.2) is 0 Å². The van der Waals surface area contributed by atoms with Gasteiger partial charge in [-0.3, -0.25) is 0 Å². The van der Waals surface area contributed by atoms with Crippen LogP contribution < -0.4 is 0 Å². The number of carboxylic acid groups (broad SMARTS) is 1. The quantitative estimate of drug-likeness (QED) is 0.887. The molecule has 0 atom stereocenters. The van der Waals surface area contributed by atoms with Crippen molar-refractivity contribution in [1.82, 2.24) is 25.2 Å². The van der Waals surface area contributed by atoms with Crippen LogP contribution in [0.4, 0.5) is 0 Å². The fourth-order valence-corrected chi connectivity index (χ4v) is 2.43. The fourth-order valence-electron chi connectivity index (χ4n) is 1.52. The lowest BCUT2D eigenvalue weighted by molar-refractivity contribution is 0.0692. The van der Waals surface area contributed by atoms with Crippen molar-refractivity contribution in [3.63, 3.8) is 0 Å². The molecule has 0 aliphatic heterocycles. The maximum Gasteiger partial charge on any atom is 0.338 e. The number of carbonyl (C=O) groups is 1. The third kappa shape index (κ3) is 2.06. The van der Waals surface area contributed by atoms with Crippen LogP contribution in [0.5, 0.6) is 0 Å². The van der Waals surface area contributed by atoms with Gasteiger partial charge in [0.2, 0.25) is 5.16 Å². The molecule has 0 saturated heterocycles. The van der Waals surface area contributed by atoms with Crippen LogP contribution in [-0.4, -0.2) is 36.3 Å². The summed E-state index contributed by atoms with van der Waals surface area (Å²) in [6, 6.07) is 3.46. The SMILES string of the molecule is O=C(O)c1cccnc1Sc1nnnn1C1CC1. The van der Waals surface area contributed by atoms with Gasteiger partial charge in [0.25, 0.3) is 0 Å². The van der Waals surface area contributed by atoms with E-state index in [4.69, 9.17) is 5.11 Å². The van der Waals surface area contributed by atoms with E-state index < -0.39 is 5.97 Å². The van der Waals surface area contributed by atoms with Crippen molar-refractivity contribution in [2.24, 2.45) is 0 Å². The standard InChI is InChI=1S/C10H9N5O2S/c16-9(17)7-2-1-5-11-8(7)18-10-12-13-14-15(10)6-3-4-6/h1-2,5-6H,3-4H2,(H,16,17). The van der Waals surface area contributed by atoms with Gasteiger partial charge in [-0.15, -0.1) is 5.10 Å². The summed E-state index contributed by atoms with van der Waals surface area (Å²) in [5.74, 6) is -1.00. The summed E-state index contributed by atoms with van der Waals surface area (Å²) in [6.07, 6.45) is 3.68. The van der Waals surface area contributed by atoms with E-state index in [0.29, 0.717) is 16.2 Å². The number of hydrogen-bond acceptors (Lipinski definition) is 6. The molecule has 92 valence electrons. The molecule has 2 aromatic heterocycles. The molecule has 18 heavy (non-hydrogen) atoms. The predicted octanol–water partition coefficient (Wildman–Crippen LogP) is 1.25. The first-order valence-corrected chi connectivity index (χ1v) is 6.21. The normalized spacial score (nSPS) is 14.7. The highest BCUT2D eigenvalue weighted by Crippen LogP contribution is 2.38. The number of aromatic carboxylic acids is 1. The van der Waals surface area contributed by atoms with E-state index in [1.165, 1.54) is 17.8 Å². The van der Waals surface area contributed by atoms with Crippen molar-refractivity contribution < 1.29 is 9.90 Å². The number of pyridine rings is 1. The van der Waals surface area contributed by atoms with Gasteiger partial charge < -0.3 is 5.11 Å². The summed E-state index contributed by atoms with van der Waals surface area (Å²) in [5, 5.41) is 21.5. The smallest absolute Gasteiger partial charge is 0.338 e. The molecular formula is C10H9N5O2S. The average Bonchev–Trinajstić information content (AvgIpc) is 3.11. The van der Waals surface area contributed by atoms with Crippen LogP contribution in [0.1, 0.15) is 29.2 Å². The van der Waals surface area contributed by atoms with E-state index in [0.717, 1.165) is 12.8 Å². The third-order valence-electron chi connectivity index (χ3n) is 2.54. The zero-order chi connectivity index (χ0) is 12.5. The molecule has 0 aromatic carbocycles. The number of hydrogen-bond donors (Lipinski definition) is 1. The Hall–Kier alpha value is -1.96. The Morgan fingerprint density at radius 2 is 2.33 bits per heavy atom. The van der Waals surface area contributed by atoms with E-state index in [1.54, 1.807) is 16.9 Å². The summed E-state index contributed by atoms with van der Waals surface area (Å²) in [4.78, 5) is 15.1. The molecule has 1 saturated carbocycles. The third-order valence-corrected chi connectivity index (χ3v) is 3.51. The van der Waals surface area contributed by atoms with Crippen molar-refractivity contribution >= 4 is 17.7 Å². The fraction of sp³-hybridized carbons (Fsp3) is 0.300. The van der Waals surface area contributed by atoms with Crippen molar-refractivity contribution in [2.75, 3.05) is 0 Å². The van der Waals surface area contributed by atoms with Gasteiger partial charge >= 0.3 is 5.97 Å². The van der Waals surface area contributed by atoms with E-state index >= 15 is 0 Å². The first-order valence-electron chi connectivity index (χ1n) is 5.40. The van der Waals surface area contributed by atoms with Crippen molar-refractivity contribution in [2.45, 2.75) is 29.1 Å². The minimum Gasteiger partial charge on any atom is -0.478 e. The molecule has 0 radical (unpaired) electrons. The highest BCUT2D eigenvalue weighted by molar-refractivity contribution is 7.99. The molecule has 7 nitrogen and oxygen atoms in total. The van der Waals surface area contributed by atoms with Gasteiger partial charge in [-0.25, -0.2) is 14.5 Å². The van der Waals surface area contributed by atoms with Gasteiger partial charge in [-0.2, -0.15) is 0 Å². The second-order valence-corrected chi connectivity index (χ2v) is 4.86. The molecule has 2 aromatic rings. The Bertz CT molecular complexity index is 595. The zero-order valence-electron chi connectivity index (χ0n) is 9.22. The lowest BCUT2D eigenvalue weighted by Gasteiger charge is -2.04. The van der Waals surface area contributed by atoms with Crippen molar-refractivity contribution in [3.8, 4) is 0 Å². The topological polar surface area (TPSA) is 93.8 Å². The molecule has 1 fully saturated rings. The highest BCUT2D eigenvalue weighted by Gasteiger charge is 2.28. The minimum atomic E-state index is -1.00. The van der Waals surface area contributed by atoms with Crippen LogP contribution in [0.15, 0.2) is 28.5 Å². The summed E-state index contributed by atoms with van der Waals surface area (Å²) in [7, 11) is 0. The summed E-state index contributed by atoms with van der Waals surface area (Å²) in [6.45, 7) is 0. The summed E-state index contributed by atoms with van der Waals surface area (Å²) < 4.78 is 1.73. The van der Waals surface area contributed by atoms with Crippen LogP contribution >= 0.6 is 11.8 Å². The molecule has 3 rings (SSSR count). The largest absolute Gasteiger partial charge is 0.478 e. The van der Waals surface area contributed by atoms with Gasteiger partial charge in [0.05, 0.1) is 11.6 Å². The Morgan fingerprint density at radius 1 is 1.50 bits per heavy atom. The van der Waals surface area contributed by atoms with Gasteiger partial charge in [0, 0.05) is 6.20 Å². The molecule has 1 aliphatic rings. The molecule has 0 spiro atoms. The van der Waals surface area contributed by atoms with E-state index in [-0.39, 0.29) is 5.56 Å². The predicted molar refractivity (Wildman–Crippen MR) is 61.4 cm³/mol. The van der Waals surface area contributed by atoms with Crippen LogP contribution in [0.2, 0.25) is 0 Å². The number of tetrazole rings is 1. The number of rotatable bonds is 4. The molecule has 0 bridgehead atoms. The minimum absolute atomic E-state index is 0.160. The van der Waals surface area contributed by atoms with Crippen LogP contribution in [-0.2, 0) is 0 Å². The molecule has 8 heteroatoms. The first kappa shape index (κ1) is 11.1. The zero-order valence-corrected chi connectivity index (χ0v) is 10.0. The molecule has 0 amide bonds. The lowest BCUT2D eigenvalue weighted by Crippen LogP contribution is -2.02. The second kappa shape index (κ2) is 4.37. The van der Waals surface area contributed by atoms with E-state index in [9.17, 15) is 4.79 Å². The lowest BCUT2D eigenvalue weighted by atomic mass is 10.3. The molecule has 1 aliphatic carbocycles. The van der Waals surface area contributed by atoms with Gasteiger partial charge in [-0.05, 0) is 47.2 Å². The monoisotopic (exact) mass is 263 g/mol. The first-order chi connectivity index (χ1) is 8.75. The Kier molecular flexibility index (Phi) is 2.71. The summed E-state index contributed by atoms with van der Waals surface area (Å²) in [5.41, 5.74) is 0.160.